The van der Waals surface area contributed by atoms with E-state index < -0.39 is 6.03 Å². The average molecular weight is 219 g/mol. The molecule has 0 spiro atoms. The van der Waals surface area contributed by atoms with Gasteiger partial charge in [0.25, 0.3) is 0 Å². The van der Waals surface area contributed by atoms with Crippen LogP contribution in [0.5, 0.6) is 0 Å². The highest BCUT2D eigenvalue weighted by molar-refractivity contribution is 7.10. The molecule has 0 aliphatic heterocycles. The van der Waals surface area contributed by atoms with Crippen molar-refractivity contribution in [1.82, 2.24) is 4.37 Å². The quantitative estimate of drug-likeness (QED) is 0.813. The summed E-state index contributed by atoms with van der Waals surface area (Å²) in [6.07, 6.45) is 0. The van der Waals surface area contributed by atoms with Crippen molar-refractivity contribution in [2.75, 3.05) is 5.32 Å². The van der Waals surface area contributed by atoms with E-state index in [0.717, 1.165) is 11.3 Å². The average Bonchev–Trinajstić information content (AvgIpc) is 2.67. The largest absolute Gasteiger partial charge is 0.351 e. The molecule has 0 bridgehead atoms. The fourth-order valence-corrected chi connectivity index (χ4v) is 1.87. The van der Waals surface area contributed by atoms with Crippen molar-refractivity contribution in [3.8, 4) is 11.3 Å². The maximum absolute atomic E-state index is 10.6. The number of nitrogens with two attached hydrogens (primary N) is 1. The molecule has 1 aromatic heterocycles. The van der Waals surface area contributed by atoms with Gasteiger partial charge in [-0.05, 0) is 11.5 Å². The van der Waals surface area contributed by atoms with Crippen LogP contribution in [0.3, 0.4) is 0 Å². The van der Waals surface area contributed by atoms with E-state index in [-0.39, 0.29) is 0 Å². The lowest BCUT2D eigenvalue weighted by Gasteiger charge is -1.94. The van der Waals surface area contributed by atoms with Crippen LogP contribution in [0, 0.1) is 0 Å². The molecule has 0 saturated carbocycles. The van der Waals surface area contributed by atoms with Crippen LogP contribution in [0.2, 0.25) is 0 Å². The van der Waals surface area contributed by atoms with Gasteiger partial charge in [0.05, 0.1) is 5.69 Å². The van der Waals surface area contributed by atoms with Crippen molar-refractivity contribution in [3.63, 3.8) is 0 Å². The number of carbonyl (C=O) groups is 1. The minimum absolute atomic E-state index is 0.571. The maximum atomic E-state index is 10.6. The summed E-state index contributed by atoms with van der Waals surface area (Å²) < 4.78 is 4.21. The standard InChI is InChI=1S/C10H9N3OS/c11-10(14)12-9-6-8(13-15-9)7-4-2-1-3-5-7/h1-6H,(H3,11,12,14). The number of hydrogen-bond donors (Lipinski definition) is 2. The molecular weight excluding hydrogens is 210 g/mol. The molecule has 2 rings (SSSR count). The van der Waals surface area contributed by atoms with Gasteiger partial charge in [-0.25, -0.2) is 4.79 Å². The molecule has 5 heteroatoms. The topological polar surface area (TPSA) is 68.0 Å². The second-order valence-electron chi connectivity index (χ2n) is 2.93. The van der Waals surface area contributed by atoms with Gasteiger partial charge in [-0.1, -0.05) is 30.3 Å². The van der Waals surface area contributed by atoms with Crippen LogP contribution in [0.1, 0.15) is 0 Å². The molecule has 0 unspecified atom stereocenters. The third-order valence-corrected chi connectivity index (χ3v) is 2.53. The summed E-state index contributed by atoms with van der Waals surface area (Å²) in [7, 11) is 0. The lowest BCUT2D eigenvalue weighted by atomic mass is 10.2. The number of carbonyl (C=O) groups excluding carboxylic acids is 1. The van der Waals surface area contributed by atoms with Gasteiger partial charge in [-0.2, -0.15) is 4.37 Å². The van der Waals surface area contributed by atoms with Crippen LogP contribution in [0.15, 0.2) is 36.4 Å². The molecule has 1 heterocycles. The first-order valence-electron chi connectivity index (χ1n) is 4.34. The minimum Gasteiger partial charge on any atom is -0.351 e. The zero-order chi connectivity index (χ0) is 10.7. The normalized spacial score (nSPS) is 9.87. The third kappa shape index (κ3) is 2.32. The lowest BCUT2D eigenvalue weighted by Crippen LogP contribution is -2.18. The Kier molecular flexibility index (Phi) is 2.64. The van der Waals surface area contributed by atoms with Crippen molar-refractivity contribution in [3.05, 3.63) is 36.4 Å². The zero-order valence-corrected chi connectivity index (χ0v) is 8.62. The first-order valence-corrected chi connectivity index (χ1v) is 5.11. The number of aromatic nitrogens is 1. The summed E-state index contributed by atoms with van der Waals surface area (Å²) in [6, 6.07) is 11.0. The number of nitrogens with zero attached hydrogens (tertiary/aromatic N) is 1. The Hall–Kier alpha value is -1.88. The van der Waals surface area contributed by atoms with E-state index in [1.54, 1.807) is 6.07 Å². The molecule has 3 N–H and O–H groups in total. The third-order valence-electron chi connectivity index (χ3n) is 1.83. The molecule has 1 aromatic carbocycles. The molecular formula is C10H9N3OS. The van der Waals surface area contributed by atoms with Crippen molar-refractivity contribution in [2.45, 2.75) is 0 Å². The van der Waals surface area contributed by atoms with Gasteiger partial charge < -0.3 is 5.73 Å². The number of primary amides is 1. The van der Waals surface area contributed by atoms with Crippen LogP contribution >= 0.6 is 11.5 Å². The molecule has 2 amide bonds. The van der Waals surface area contributed by atoms with Gasteiger partial charge in [0.2, 0.25) is 0 Å². The Bertz CT molecular complexity index is 467. The molecule has 0 fully saturated rings. The molecule has 15 heavy (non-hydrogen) atoms. The fraction of sp³-hybridized carbons (Fsp3) is 0. The van der Waals surface area contributed by atoms with E-state index in [0.29, 0.717) is 5.00 Å². The van der Waals surface area contributed by atoms with Crippen LogP contribution < -0.4 is 11.1 Å². The van der Waals surface area contributed by atoms with Crippen LogP contribution in [0.4, 0.5) is 9.80 Å². The fourth-order valence-electron chi connectivity index (χ4n) is 1.20. The highest BCUT2D eigenvalue weighted by atomic mass is 32.1. The predicted molar refractivity (Wildman–Crippen MR) is 60.8 cm³/mol. The lowest BCUT2D eigenvalue weighted by molar-refractivity contribution is 0.259. The van der Waals surface area contributed by atoms with Crippen LogP contribution in [-0.2, 0) is 0 Å². The Morgan fingerprint density at radius 1 is 1.33 bits per heavy atom. The number of urea groups is 1. The monoisotopic (exact) mass is 219 g/mol. The summed E-state index contributed by atoms with van der Waals surface area (Å²) in [6.45, 7) is 0. The predicted octanol–water partition coefficient (Wildman–Crippen LogP) is 2.30. The summed E-state index contributed by atoms with van der Waals surface area (Å²) >= 11 is 1.21. The maximum Gasteiger partial charge on any atom is 0.317 e. The van der Waals surface area contributed by atoms with E-state index in [2.05, 4.69) is 9.69 Å². The van der Waals surface area contributed by atoms with Crippen molar-refractivity contribution < 1.29 is 4.79 Å². The molecule has 76 valence electrons. The molecule has 0 aliphatic carbocycles. The number of nitrogens with one attached hydrogen (secondary N) is 1. The number of benzene rings is 1. The molecule has 2 aromatic rings. The molecule has 0 aliphatic rings. The summed E-state index contributed by atoms with van der Waals surface area (Å²) in [4.78, 5) is 10.6. The highest BCUT2D eigenvalue weighted by Gasteiger charge is 2.04. The van der Waals surface area contributed by atoms with Gasteiger partial charge in [0, 0.05) is 11.6 Å². The van der Waals surface area contributed by atoms with Gasteiger partial charge in [0.1, 0.15) is 5.00 Å². The van der Waals surface area contributed by atoms with E-state index >= 15 is 0 Å². The smallest absolute Gasteiger partial charge is 0.317 e. The number of amides is 2. The van der Waals surface area contributed by atoms with Crippen molar-refractivity contribution in [1.29, 1.82) is 0 Å². The number of anilines is 1. The van der Waals surface area contributed by atoms with Gasteiger partial charge in [-0.3, -0.25) is 5.32 Å². The van der Waals surface area contributed by atoms with Gasteiger partial charge in [0.15, 0.2) is 0 Å². The Morgan fingerprint density at radius 2 is 2.07 bits per heavy atom. The Labute approximate surface area is 90.9 Å². The molecule has 0 radical (unpaired) electrons. The highest BCUT2D eigenvalue weighted by Crippen LogP contribution is 2.24. The summed E-state index contributed by atoms with van der Waals surface area (Å²) in [5.41, 5.74) is 6.86. The minimum atomic E-state index is -0.571. The number of rotatable bonds is 2. The second-order valence-corrected chi connectivity index (χ2v) is 3.74. The van der Waals surface area contributed by atoms with Gasteiger partial charge >= 0.3 is 6.03 Å². The van der Waals surface area contributed by atoms with Crippen molar-refractivity contribution >= 4 is 22.6 Å². The van der Waals surface area contributed by atoms with E-state index in [1.165, 1.54) is 11.5 Å². The summed E-state index contributed by atoms with van der Waals surface area (Å²) in [5.74, 6) is 0. The van der Waals surface area contributed by atoms with E-state index in [4.69, 9.17) is 5.73 Å². The Morgan fingerprint density at radius 3 is 2.73 bits per heavy atom. The van der Waals surface area contributed by atoms with Crippen molar-refractivity contribution in [2.24, 2.45) is 5.73 Å². The van der Waals surface area contributed by atoms with Gasteiger partial charge in [-0.15, -0.1) is 0 Å². The molecule has 0 atom stereocenters. The van der Waals surface area contributed by atoms with E-state index in [1.807, 2.05) is 30.3 Å². The molecule has 0 saturated heterocycles. The molecule has 4 nitrogen and oxygen atoms in total. The van der Waals surface area contributed by atoms with E-state index in [9.17, 15) is 4.79 Å². The van der Waals surface area contributed by atoms with Crippen LogP contribution in [0.25, 0.3) is 11.3 Å². The Balaban J connectivity index is 2.24. The van der Waals surface area contributed by atoms with Crippen LogP contribution in [-0.4, -0.2) is 10.4 Å². The first-order chi connectivity index (χ1) is 7.25. The number of hydrogen-bond acceptors (Lipinski definition) is 3. The summed E-state index contributed by atoms with van der Waals surface area (Å²) in [5, 5.41) is 3.14. The second kappa shape index (κ2) is 4.10. The first kappa shape index (κ1) is 9.67. The zero-order valence-electron chi connectivity index (χ0n) is 7.81. The SMILES string of the molecule is NC(=O)Nc1cc(-c2ccccc2)ns1.